The minimum Gasteiger partial charge on any atom is -0.493 e. The minimum absolute atomic E-state index is 0.132. The molecule has 2 aromatic rings. The first-order valence-electron chi connectivity index (χ1n) is 9.41. The Morgan fingerprint density at radius 3 is 2.66 bits per heavy atom. The Morgan fingerprint density at radius 2 is 1.93 bits per heavy atom. The van der Waals surface area contributed by atoms with E-state index in [0.29, 0.717) is 34.2 Å². The summed E-state index contributed by atoms with van der Waals surface area (Å²) in [6.45, 7) is 2.72. The quantitative estimate of drug-likeness (QED) is 0.523. The zero-order valence-electron chi connectivity index (χ0n) is 16.7. The van der Waals surface area contributed by atoms with E-state index in [9.17, 15) is 9.59 Å². The largest absolute Gasteiger partial charge is 0.493 e. The predicted molar refractivity (Wildman–Crippen MR) is 116 cm³/mol. The molecule has 1 heterocycles. The molecule has 0 fully saturated rings. The number of rotatable bonds is 7. The number of hydrogen-bond donors (Lipinski definition) is 2. The molecule has 0 spiro atoms. The van der Waals surface area contributed by atoms with Crippen LogP contribution < -0.4 is 20.1 Å². The van der Waals surface area contributed by atoms with E-state index in [2.05, 4.69) is 17.6 Å². The maximum atomic E-state index is 12.6. The van der Waals surface area contributed by atoms with Crippen molar-refractivity contribution in [2.75, 3.05) is 26.1 Å². The van der Waals surface area contributed by atoms with Crippen LogP contribution in [-0.4, -0.2) is 32.6 Å². The summed E-state index contributed by atoms with van der Waals surface area (Å²) in [6, 6.07) is 10.8. The van der Waals surface area contributed by atoms with Gasteiger partial charge in [-0.05, 0) is 48.4 Å². The molecule has 2 aromatic carbocycles. The van der Waals surface area contributed by atoms with Gasteiger partial charge in [0.1, 0.15) is 0 Å². The lowest BCUT2D eigenvalue weighted by Crippen LogP contribution is -2.25. The number of anilines is 1. The molecule has 2 N–H and O–H groups in total. The van der Waals surface area contributed by atoms with Crippen LogP contribution in [0.2, 0.25) is 0 Å². The van der Waals surface area contributed by atoms with E-state index in [1.807, 2.05) is 18.2 Å². The molecule has 2 amide bonds. The lowest BCUT2D eigenvalue weighted by atomic mass is 10.1. The number of amides is 2. The number of carbonyl (C=O) groups is 2. The molecule has 0 aliphatic carbocycles. The van der Waals surface area contributed by atoms with Crippen LogP contribution >= 0.6 is 11.8 Å². The van der Waals surface area contributed by atoms with Crippen LogP contribution in [0.5, 0.6) is 11.5 Å². The van der Waals surface area contributed by atoms with Crippen molar-refractivity contribution in [1.82, 2.24) is 5.32 Å². The first-order valence-corrected chi connectivity index (χ1v) is 10.2. The third-order valence-electron chi connectivity index (χ3n) is 4.45. The van der Waals surface area contributed by atoms with Crippen LogP contribution in [0.15, 0.2) is 46.2 Å². The highest BCUT2D eigenvalue weighted by molar-refractivity contribution is 8.04. The highest BCUT2D eigenvalue weighted by Gasteiger charge is 2.22. The number of nitrogens with one attached hydrogen (secondary N) is 2. The molecule has 0 saturated carbocycles. The van der Waals surface area contributed by atoms with Crippen LogP contribution in [0.1, 0.15) is 35.7 Å². The number of carbonyl (C=O) groups excluding carboxylic acids is 2. The SMILES string of the molecule is CCCCNC(=O)c1ccc2c(c1)NC(=O)/C(=C\c1ccc(OC)c(OC)c1)S2. The number of fused-ring (bicyclic) bond motifs is 1. The number of thioether (sulfide) groups is 1. The van der Waals surface area contributed by atoms with Crippen molar-refractivity contribution in [3.05, 3.63) is 52.4 Å². The zero-order valence-corrected chi connectivity index (χ0v) is 17.5. The van der Waals surface area contributed by atoms with E-state index in [4.69, 9.17) is 9.47 Å². The van der Waals surface area contributed by atoms with Gasteiger partial charge in [-0.15, -0.1) is 0 Å². The third kappa shape index (κ3) is 4.92. The van der Waals surface area contributed by atoms with Crippen molar-refractivity contribution in [2.45, 2.75) is 24.7 Å². The Hall–Kier alpha value is -2.93. The zero-order chi connectivity index (χ0) is 20.8. The Kier molecular flexibility index (Phi) is 6.82. The van der Waals surface area contributed by atoms with E-state index in [0.717, 1.165) is 23.3 Å². The molecule has 3 rings (SSSR count). The summed E-state index contributed by atoms with van der Waals surface area (Å²) in [5, 5.41) is 5.77. The topological polar surface area (TPSA) is 76.7 Å². The average molecular weight is 413 g/mol. The van der Waals surface area contributed by atoms with Gasteiger partial charge in [-0.25, -0.2) is 0 Å². The molecule has 0 radical (unpaired) electrons. The number of unbranched alkanes of at least 4 members (excludes halogenated alkanes) is 1. The monoisotopic (exact) mass is 412 g/mol. The number of methoxy groups -OCH3 is 2. The minimum atomic E-state index is -0.208. The molecule has 152 valence electrons. The second-order valence-electron chi connectivity index (χ2n) is 6.50. The van der Waals surface area contributed by atoms with Gasteiger partial charge in [0.25, 0.3) is 11.8 Å². The molecular weight excluding hydrogens is 388 g/mol. The first-order chi connectivity index (χ1) is 14.0. The van der Waals surface area contributed by atoms with Gasteiger partial charge in [0.2, 0.25) is 0 Å². The van der Waals surface area contributed by atoms with Gasteiger partial charge in [-0.2, -0.15) is 0 Å². The van der Waals surface area contributed by atoms with Gasteiger partial charge in [-0.3, -0.25) is 9.59 Å². The summed E-state index contributed by atoms with van der Waals surface area (Å²) in [6.07, 6.45) is 3.76. The number of ether oxygens (including phenoxy) is 2. The molecule has 1 aliphatic rings. The van der Waals surface area contributed by atoms with E-state index >= 15 is 0 Å². The van der Waals surface area contributed by atoms with Crippen molar-refractivity contribution < 1.29 is 19.1 Å². The molecule has 1 aliphatic heterocycles. The van der Waals surface area contributed by atoms with Gasteiger partial charge >= 0.3 is 0 Å². The lowest BCUT2D eigenvalue weighted by Gasteiger charge is -2.19. The van der Waals surface area contributed by atoms with Crippen molar-refractivity contribution in [3.8, 4) is 11.5 Å². The molecule has 7 heteroatoms. The Bertz CT molecular complexity index is 956. The summed E-state index contributed by atoms with van der Waals surface area (Å²) in [5.74, 6) is 0.890. The van der Waals surface area contributed by atoms with Crippen molar-refractivity contribution >= 4 is 35.3 Å². The second-order valence-corrected chi connectivity index (χ2v) is 7.58. The molecule has 0 atom stereocenters. The smallest absolute Gasteiger partial charge is 0.262 e. The van der Waals surface area contributed by atoms with Crippen LogP contribution in [0.3, 0.4) is 0 Å². The normalized spacial score (nSPS) is 14.2. The summed E-state index contributed by atoms with van der Waals surface area (Å²) in [4.78, 5) is 26.3. The standard InChI is InChI=1S/C22H24N2O4S/c1-4-5-10-23-21(25)15-7-9-19-16(13-15)24-22(26)20(29-19)12-14-6-8-17(27-2)18(11-14)28-3/h6-9,11-13H,4-5,10H2,1-3H3,(H,23,25)(H,24,26)/b20-12+. The maximum Gasteiger partial charge on any atom is 0.262 e. The first kappa shape index (κ1) is 20.8. The van der Waals surface area contributed by atoms with E-state index < -0.39 is 0 Å². The molecule has 0 saturated heterocycles. The van der Waals surface area contributed by atoms with Gasteiger partial charge in [0, 0.05) is 17.0 Å². The maximum absolute atomic E-state index is 12.6. The van der Waals surface area contributed by atoms with Gasteiger partial charge in [0.15, 0.2) is 11.5 Å². The van der Waals surface area contributed by atoms with Crippen molar-refractivity contribution in [2.24, 2.45) is 0 Å². The van der Waals surface area contributed by atoms with E-state index in [1.54, 1.807) is 38.5 Å². The fourth-order valence-electron chi connectivity index (χ4n) is 2.88. The molecule has 0 unspecified atom stereocenters. The Morgan fingerprint density at radius 1 is 1.14 bits per heavy atom. The third-order valence-corrected chi connectivity index (χ3v) is 5.55. The fraction of sp³-hybridized carbons (Fsp3) is 0.273. The lowest BCUT2D eigenvalue weighted by molar-refractivity contribution is -0.112. The Balaban J connectivity index is 1.80. The van der Waals surface area contributed by atoms with Crippen LogP contribution in [-0.2, 0) is 4.79 Å². The second kappa shape index (κ2) is 9.52. The predicted octanol–water partition coefficient (Wildman–Crippen LogP) is 4.32. The summed E-state index contributed by atoms with van der Waals surface area (Å²) in [5.41, 5.74) is 2.01. The Labute approximate surface area is 174 Å². The molecular formula is C22H24N2O4S. The van der Waals surface area contributed by atoms with Crippen molar-refractivity contribution in [3.63, 3.8) is 0 Å². The van der Waals surface area contributed by atoms with Gasteiger partial charge < -0.3 is 20.1 Å². The summed E-state index contributed by atoms with van der Waals surface area (Å²) < 4.78 is 10.6. The van der Waals surface area contributed by atoms with Crippen LogP contribution in [0.4, 0.5) is 5.69 Å². The van der Waals surface area contributed by atoms with Crippen molar-refractivity contribution in [1.29, 1.82) is 0 Å². The molecule has 0 aromatic heterocycles. The van der Waals surface area contributed by atoms with Gasteiger partial charge in [0.05, 0.1) is 24.8 Å². The van der Waals surface area contributed by atoms with Crippen LogP contribution in [0.25, 0.3) is 6.08 Å². The van der Waals surface area contributed by atoms with E-state index in [-0.39, 0.29) is 11.8 Å². The molecule has 29 heavy (non-hydrogen) atoms. The average Bonchev–Trinajstić information content (AvgIpc) is 2.73. The molecule has 0 bridgehead atoms. The highest BCUT2D eigenvalue weighted by atomic mass is 32.2. The highest BCUT2D eigenvalue weighted by Crippen LogP contribution is 2.40. The fourth-order valence-corrected chi connectivity index (χ4v) is 3.81. The van der Waals surface area contributed by atoms with Gasteiger partial charge in [-0.1, -0.05) is 31.2 Å². The molecule has 6 nitrogen and oxygen atoms in total. The van der Waals surface area contributed by atoms with Crippen LogP contribution in [0, 0.1) is 0 Å². The number of hydrogen-bond acceptors (Lipinski definition) is 5. The summed E-state index contributed by atoms with van der Waals surface area (Å²) in [7, 11) is 3.15. The number of benzene rings is 2. The van der Waals surface area contributed by atoms with E-state index in [1.165, 1.54) is 11.8 Å². The summed E-state index contributed by atoms with van der Waals surface area (Å²) >= 11 is 1.37.